The van der Waals surface area contributed by atoms with Crippen LogP contribution in [0.2, 0.25) is 0 Å². The molecule has 5 N–H and O–H groups in total. The lowest BCUT2D eigenvalue weighted by Crippen LogP contribution is -2.59. The molecule has 1 saturated heterocycles. The van der Waals surface area contributed by atoms with Crippen LogP contribution in [0.1, 0.15) is 11.1 Å². The van der Waals surface area contributed by atoms with Crippen molar-refractivity contribution < 1.29 is 53.0 Å². The van der Waals surface area contributed by atoms with Crippen LogP contribution in [-0.4, -0.2) is 68.8 Å². The van der Waals surface area contributed by atoms with Crippen molar-refractivity contribution in [2.24, 2.45) is 0 Å². The average molecular weight is 394 g/mol. The first-order valence-electron chi connectivity index (χ1n) is 7.64. The van der Waals surface area contributed by atoms with Crippen molar-refractivity contribution in [2.75, 3.05) is 6.61 Å². The second-order valence-electron chi connectivity index (χ2n) is 5.75. The summed E-state index contributed by atoms with van der Waals surface area (Å²) in [6.07, 6.45) is -12.3. The Kier molecular flexibility index (Phi) is 6.44. The number of alkyl halides is 3. The second-order valence-corrected chi connectivity index (χ2v) is 5.75. The molecule has 0 amide bonds. The molecule has 0 aromatic heterocycles. The van der Waals surface area contributed by atoms with Gasteiger partial charge in [0.15, 0.2) is 0 Å². The van der Waals surface area contributed by atoms with Crippen molar-refractivity contribution >= 4 is 12.0 Å². The normalized spacial score (nSPS) is 29.4. The first kappa shape index (κ1) is 21.1. The van der Waals surface area contributed by atoms with Crippen molar-refractivity contribution in [3.8, 4) is 0 Å². The minimum Gasteiger partial charge on any atom is -0.475 e. The van der Waals surface area contributed by atoms with Gasteiger partial charge in [0.25, 0.3) is 0 Å². The van der Waals surface area contributed by atoms with Gasteiger partial charge in [0.1, 0.15) is 24.4 Å². The zero-order chi connectivity index (χ0) is 20.4. The van der Waals surface area contributed by atoms with Crippen molar-refractivity contribution in [1.82, 2.24) is 0 Å². The van der Waals surface area contributed by atoms with Crippen molar-refractivity contribution in [2.45, 2.75) is 36.9 Å². The number of carbonyl (C=O) groups is 1. The number of carboxylic acids is 1. The quantitative estimate of drug-likeness (QED) is 0.346. The number of ether oxygens (including phenoxy) is 2. The highest BCUT2D eigenvalue weighted by Crippen LogP contribution is 2.30. The lowest BCUT2D eigenvalue weighted by atomic mass is 9.99. The van der Waals surface area contributed by atoms with Gasteiger partial charge in [-0.25, -0.2) is 4.79 Å². The van der Waals surface area contributed by atoms with E-state index in [1.165, 1.54) is 6.07 Å². The van der Waals surface area contributed by atoms with Gasteiger partial charge >= 0.3 is 12.1 Å². The Bertz CT molecular complexity index is 703. The number of aliphatic carboxylic acids is 1. The highest BCUT2D eigenvalue weighted by molar-refractivity contribution is 5.89. The van der Waals surface area contributed by atoms with Gasteiger partial charge in [-0.05, 0) is 23.8 Å². The molecule has 0 radical (unpaired) electrons. The third-order valence-electron chi connectivity index (χ3n) is 3.81. The van der Waals surface area contributed by atoms with E-state index >= 15 is 0 Å². The third kappa shape index (κ3) is 4.96. The molecule has 1 aliphatic rings. The van der Waals surface area contributed by atoms with Crippen LogP contribution in [-0.2, 0) is 20.4 Å². The van der Waals surface area contributed by atoms with Gasteiger partial charge in [-0.3, -0.25) is 0 Å². The molecule has 1 aromatic carbocycles. The van der Waals surface area contributed by atoms with Crippen LogP contribution >= 0.6 is 0 Å². The van der Waals surface area contributed by atoms with E-state index in [2.05, 4.69) is 0 Å². The van der Waals surface area contributed by atoms with Crippen LogP contribution in [0.5, 0.6) is 0 Å². The van der Waals surface area contributed by atoms with Crippen LogP contribution in [0.3, 0.4) is 0 Å². The van der Waals surface area contributed by atoms with Crippen molar-refractivity contribution in [3.63, 3.8) is 0 Å². The second kappa shape index (κ2) is 8.23. The lowest BCUT2D eigenvalue weighted by Gasteiger charge is -2.39. The summed E-state index contributed by atoms with van der Waals surface area (Å²) in [4.78, 5) is 11.3. The summed E-state index contributed by atoms with van der Waals surface area (Å²) < 4.78 is 48.2. The largest absolute Gasteiger partial charge is 0.475 e. The Hall–Kier alpha value is -2.18. The lowest BCUT2D eigenvalue weighted by molar-refractivity contribution is -0.291. The summed E-state index contributed by atoms with van der Waals surface area (Å²) in [5, 5.41) is 47.5. The molecule has 1 fully saturated rings. The fraction of sp³-hybridized carbons (Fsp3) is 0.438. The third-order valence-corrected chi connectivity index (χ3v) is 3.81. The highest BCUT2D eigenvalue weighted by Gasteiger charge is 2.45. The van der Waals surface area contributed by atoms with E-state index in [-0.39, 0.29) is 5.56 Å². The fourth-order valence-electron chi connectivity index (χ4n) is 2.39. The molecule has 8 nitrogen and oxygen atoms in total. The number of benzene rings is 1. The van der Waals surface area contributed by atoms with E-state index in [4.69, 9.17) is 14.6 Å². The molecule has 0 spiro atoms. The van der Waals surface area contributed by atoms with E-state index in [0.717, 1.165) is 18.2 Å². The van der Waals surface area contributed by atoms with E-state index in [1.807, 2.05) is 0 Å². The van der Waals surface area contributed by atoms with Crippen LogP contribution in [0.15, 0.2) is 30.0 Å². The molecule has 0 bridgehead atoms. The molecule has 11 heteroatoms. The topological polar surface area (TPSA) is 137 Å². The summed E-state index contributed by atoms with van der Waals surface area (Å²) >= 11 is 0. The molecular weight excluding hydrogens is 377 g/mol. The predicted octanol–water partition coefficient (Wildman–Crippen LogP) is -0.0526. The minimum atomic E-state index is -4.63. The van der Waals surface area contributed by atoms with Gasteiger partial charge in [0, 0.05) is 0 Å². The van der Waals surface area contributed by atoms with E-state index in [0.29, 0.717) is 6.07 Å². The van der Waals surface area contributed by atoms with Gasteiger partial charge in [0.2, 0.25) is 12.0 Å². The van der Waals surface area contributed by atoms with Crippen molar-refractivity contribution in [1.29, 1.82) is 0 Å². The van der Waals surface area contributed by atoms with E-state index < -0.39 is 60.8 Å². The molecular formula is C16H17F3O8. The van der Waals surface area contributed by atoms with Crippen LogP contribution in [0.4, 0.5) is 13.2 Å². The summed E-state index contributed by atoms with van der Waals surface area (Å²) in [6, 6.07) is 3.77. The molecule has 0 aliphatic carbocycles. The number of hydrogen-bond donors (Lipinski definition) is 5. The number of aliphatic hydroxyl groups excluding tert-OH is 4. The minimum absolute atomic E-state index is 0.146. The van der Waals surface area contributed by atoms with Gasteiger partial charge in [-0.2, -0.15) is 13.2 Å². The van der Waals surface area contributed by atoms with Gasteiger partial charge in [-0.1, -0.05) is 12.1 Å². The Morgan fingerprint density at radius 2 is 1.85 bits per heavy atom. The molecule has 150 valence electrons. The van der Waals surface area contributed by atoms with E-state index in [1.54, 1.807) is 0 Å². The fourth-order valence-corrected chi connectivity index (χ4v) is 2.39. The van der Waals surface area contributed by atoms with Crippen LogP contribution in [0.25, 0.3) is 6.08 Å². The summed E-state index contributed by atoms with van der Waals surface area (Å²) in [7, 11) is 0. The highest BCUT2D eigenvalue weighted by atomic mass is 19.4. The smallest absolute Gasteiger partial charge is 0.416 e. The molecule has 1 aliphatic heterocycles. The molecule has 5 atom stereocenters. The number of carboxylic acid groups (broad SMARTS) is 1. The van der Waals surface area contributed by atoms with Gasteiger partial charge < -0.3 is 35.0 Å². The molecule has 1 aromatic rings. The molecule has 2 rings (SSSR count). The van der Waals surface area contributed by atoms with E-state index in [9.17, 15) is 38.4 Å². The standard InChI is InChI=1S/C16H17F3O8/c17-16(18,19)8-3-1-2-7(4-8)5-9(14(24)25)26-15-13(23)12(22)11(21)10(6-20)27-15/h1-5,10-13,15,20-23H,6H2,(H,24,25)/b9-5+/t10-,11+,12-,13+,15-/m0/s1. The number of halogens is 3. The zero-order valence-corrected chi connectivity index (χ0v) is 13.6. The Labute approximate surface area is 150 Å². The van der Waals surface area contributed by atoms with Crippen LogP contribution in [0, 0.1) is 0 Å². The predicted molar refractivity (Wildman–Crippen MR) is 81.9 cm³/mol. The number of hydrogen-bond acceptors (Lipinski definition) is 7. The maximum Gasteiger partial charge on any atom is 0.416 e. The Morgan fingerprint density at radius 1 is 1.19 bits per heavy atom. The number of rotatable bonds is 5. The first-order chi connectivity index (χ1) is 12.5. The molecule has 1 heterocycles. The molecule has 0 unspecified atom stereocenters. The maximum absolute atomic E-state index is 12.8. The summed E-state index contributed by atoms with van der Waals surface area (Å²) in [6.45, 7) is -0.759. The molecule has 27 heavy (non-hydrogen) atoms. The maximum atomic E-state index is 12.8. The Balaban J connectivity index is 2.28. The Morgan fingerprint density at radius 3 is 2.41 bits per heavy atom. The van der Waals surface area contributed by atoms with Crippen LogP contribution < -0.4 is 0 Å². The monoisotopic (exact) mass is 394 g/mol. The summed E-state index contributed by atoms with van der Waals surface area (Å²) in [5.41, 5.74) is -1.15. The SMILES string of the molecule is O=C(O)/C(=C\c1cccc(C(F)(F)F)c1)O[C@H]1O[C@@H](CO)[C@@H](O)[C@H](O)[C@H]1O. The number of aliphatic hydroxyl groups is 4. The van der Waals surface area contributed by atoms with Gasteiger partial charge in [0.05, 0.1) is 12.2 Å². The molecule has 0 saturated carbocycles. The van der Waals surface area contributed by atoms with Gasteiger partial charge in [-0.15, -0.1) is 0 Å². The zero-order valence-electron chi connectivity index (χ0n) is 13.6. The average Bonchev–Trinajstić information content (AvgIpc) is 2.60. The van der Waals surface area contributed by atoms with Crippen molar-refractivity contribution in [3.05, 3.63) is 41.2 Å². The summed E-state index contributed by atoms with van der Waals surface area (Å²) in [5.74, 6) is -2.55. The first-order valence-corrected chi connectivity index (χ1v) is 7.64.